The van der Waals surface area contributed by atoms with Crippen LogP contribution < -0.4 is 10.9 Å². The number of nitrogens with zero attached hydrogens (tertiary/aromatic N) is 4. The molecule has 0 fully saturated rings. The van der Waals surface area contributed by atoms with Crippen LogP contribution in [0.5, 0.6) is 0 Å². The van der Waals surface area contributed by atoms with Crippen LogP contribution in [0.1, 0.15) is 26.3 Å². The summed E-state index contributed by atoms with van der Waals surface area (Å²) in [5.41, 5.74) is 7.17. The molecule has 31 heavy (non-hydrogen) atoms. The lowest BCUT2D eigenvalue weighted by Crippen LogP contribution is -2.41. The quantitative estimate of drug-likeness (QED) is 0.330. The van der Waals surface area contributed by atoms with Crippen LogP contribution in [-0.4, -0.2) is 37.0 Å². The highest BCUT2D eigenvalue weighted by Crippen LogP contribution is 2.12. The van der Waals surface area contributed by atoms with Crippen molar-refractivity contribution in [1.82, 2.24) is 36.0 Å². The van der Waals surface area contributed by atoms with Crippen molar-refractivity contribution in [1.29, 1.82) is 0 Å². The van der Waals surface area contributed by atoms with Gasteiger partial charge in [-0.2, -0.15) is 4.80 Å². The van der Waals surface area contributed by atoms with Crippen LogP contribution >= 0.6 is 12.2 Å². The first-order chi connectivity index (χ1) is 15.1. The Morgan fingerprint density at radius 2 is 1.68 bits per heavy atom. The number of hydrazine groups is 1. The second-order valence-electron chi connectivity index (χ2n) is 6.53. The number of amides is 2. The molecule has 154 valence electrons. The number of hydrogen-bond donors (Lipinski definition) is 3. The number of benzene rings is 2. The average Bonchev–Trinajstić information content (AvgIpc) is 3.27. The van der Waals surface area contributed by atoms with Gasteiger partial charge in [0.15, 0.2) is 0 Å². The minimum absolute atomic E-state index is 0.267. The Kier molecular flexibility index (Phi) is 5.90. The van der Waals surface area contributed by atoms with Crippen LogP contribution in [0.2, 0.25) is 0 Å². The highest BCUT2D eigenvalue weighted by Gasteiger charge is 2.11. The summed E-state index contributed by atoms with van der Waals surface area (Å²) in [5.74, 6) is -0.403. The average molecular weight is 431 g/mol. The molecule has 2 aromatic heterocycles. The predicted molar refractivity (Wildman–Crippen MR) is 115 cm³/mol. The van der Waals surface area contributed by atoms with E-state index in [0.717, 1.165) is 11.1 Å². The van der Waals surface area contributed by atoms with E-state index in [2.05, 4.69) is 31.2 Å². The molecule has 0 radical (unpaired) electrons. The minimum atomic E-state index is -0.502. The topological polar surface area (TPSA) is 118 Å². The zero-order valence-corrected chi connectivity index (χ0v) is 17.0. The highest BCUT2D eigenvalue weighted by molar-refractivity contribution is 7.71. The molecule has 0 atom stereocenters. The Labute approximate surface area is 182 Å². The summed E-state index contributed by atoms with van der Waals surface area (Å²) in [6.45, 7) is 0.407. The third-order valence-electron chi connectivity index (χ3n) is 4.38. The fourth-order valence-electron chi connectivity index (χ4n) is 2.79. The van der Waals surface area contributed by atoms with Crippen LogP contribution in [-0.2, 0) is 6.54 Å². The van der Waals surface area contributed by atoms with Crippen molar-refractivity contribution in [2.75, 3.05) is 0 Å². The van der Waals surface area contributed by atoms with Gasteiger partial charge in [0.1, 0.15) is 4.64 Å². The van der Waals surface area contributed by atoms with Gasteiger partial charge in [0.05, 0.1) is 12.1 Å². The Hall–Kier alpha value is -4.18. The summed E-state index contributed by atoms with van der Waals surface area (Å²) >= 11 is 5.05. The largest absolute Gasteiger partial charge is 0.352 e. The monoisotopic (exact) mass is 431 g/mol. The van der Waals surface area contributed by atoms with E-state index in [0.29, 0.717) is 17.9 Å². The first-order valence-corrected chi connectivity index (χ1v) is 9.71. The molecule has 0 unspecified atom stereocenters. The number of aromatic amines is 1. The van der Waals surface area contributed by atoms with Gasteiger partial charge in [-0.25, -0.2) is 0 Å². The zero-order chi connectivity index (χ0) is 21.6. The molecule has 2 heterocycles. The van der Waals surface area contributed by atoms with Crippen molar-refractivity contribution in [2.45, 2.75) is 6.54 Å². The maximum Gasteiger partial charge on any atom is 0.272 e. The van der Waals surface area contributed by atoms with E-state index < -0.39 is 11.8 Å². The van der Waals surface area contributed by atoms with E-state index in [-0.39, 0.29) is 10.2 Å². The SMILES string of the molecule is O=C(NNC(=O)c1ccc[nH]c1=S)c1ccc(Cn2nnc(-c3ccccc3)n2)cc1. The first-order valence-electron chi connectivity index (χ1n) is 9.31. The molecule has 0 spiro atoms. The first kappa shape index (κ1) is 20.1. The fraction of sp³-hybridized carbons (Fsp3) is 0.0476. The van der Waals surface area contributed by atoms with Gasteiger partial charge in [-0.3, -0.25) is 20.4 Å². The van der Waals surface area contributed by atoms with E-state index in [1.165, 1.54) is 4.80 Å². The second kappa shape index (κ2) is 9.09. The van der Waals surface area contributed by atoms with Gasteiger partial charge in [0, 0.05) is 17.3 Å². The molecule has 4 rings (SSSR count). The molecule has 0 saturated carbocycles. The third-order valence-corrected chi connectivity index (χ3v) is 4.72. The van der Waals surface area contributed by atoms with Gasteiger partial charge in [-0.15, -0.1) is 10.2 Å². The molecule has 0 saturated heterocycles. The van der Waals surface area contributed by atoms with Crippen LogP contribution in [0.15, 0.2) is 72.9 Å². The van der Waals surface area contributed by atoms with E-state index in [1.54, 1.807) is 42.6 Å². The van der Waals surface area contributed by atoms with E-state index in [1.807, 2.05) is 30.3 Å². The van der Waals surface area contributed by atoms with Gasteiger partial charge < -0.3 is 4.98 Å². The molecule has 0 bridgehead atoms. The van der Waals surface area contributed by atoms with Crippen LogP contribution in [0, 0.1) is 4.64 Å². The molecule has 4 aromatic rings. The molecular formula is C21H17N7O2S. The Balaban J connectivity index is 1.35. The van der Waals surface area contributed by atoms with Gasteiger partial charge in [0.2, 0.25) is 5.82 Å². The van der Waals surface area contributed by atoms with Crippen molar-refractivity contribution in [2.24, 2.45) is 0 Å². The molecule has 2 aromatic carbocycles. The van der Waals surface area contributed by atoms with E-state index in [4.69, 9.17) is 12.2 Å². The van der Waals surface area contributed by atoms with Crippen molar-refractivity contribution in [3.63, 3.8) is 0 Å². The van der Waals surface area contributed by atoms with E-state index >= 15 is 0 Å². The number of carbonyl (C=O) groups is 2. The normalized spacial score (nSPS) is 10.5. The maximum absolute atomic E-state index is 12.3. The van der Waals surface area contributed by atoms with Crippen LogP contribution in [0.25, 0.3) is 11.4 Å². The number of nitrogens with one attached hydrogen (secondary N) is 3. The number of pyridine rings is 1. The standard InChI is InChI=1S/C21H17N7O2S/c29-19(24-25-20(30)17-7-4-12-22-21(17)31)16-10-8-14(9-11-16)13-28-26-18(23-27-28)15-5-2-1-3-6-15/h1-12H,13H2,(H,22,31)(H,24,29)(H,25,30). The van der Waals surface area contributed by atoms with Crippen molar-refractivity contribution < 1.29 is 9.59 Å². The number of rotatable bonds is 5. The third kappa shape index (κ3) is 4.87. The van der Waals surface area contributed by atoms with Crippen molar-refractivity contribution >= 4 is 24.0 Å². The second-order valence-corrected chi connectivity index (χ2v) is 6.94. The highest BCUT2D eigenvalue weighted by atomic mass is 32.1. The molecule has 0 aliphatic heterocycles. The molecule has 2 amide bonds. The van der Waals surface area contributed by atoms with Crippen molar-refractivity contribution in [3.05, 3.63) is 94.3 Å². The smallest absolute Gasteiger partial charge is 0.272 e. The van der Waals surface area contributed by atoms with Gasteiger partial charge in [-0.05, 0) is 35.0 Å². The fourth-order valence-corrected chi connectivity index (χ4v) is 3.02. The van der Waals surface area contributed by atoms with Gasteiger partial charge in [-0.1, -0.05) is 54.7 Å². The Bertz CT molecular complexity index is 1270. The summed E-state index contributed by atoms with van der Waals surface area (Å²) in [6, 6.07) is 19.7. The summed E-state index contributed by atoms with van der Waals surface area (Å²) in [7, 11) is 0. The lowest BCUT2D eigenvalue weighted by Gasteiger charge is -2.08. The Morgan fingerprint density at radius 1 is 0.935 bits per heavy atom. The lowest BCUT2D eigenvalue weighted by molar-refractivity contribution is 0.0846. The molecule has 9 nitrogen and oxygen atoms in total. The number of carbonyl (C=O) groups excluding carboxylic acids is 2. The van der Waals surface area contributed by atoms with Crippen LogP contribution in [0.3, 0.4) is 0 Å². The number of tetrazole rings is 1. The predicted octanol–water partition coefficient (Wildman–Crippen LogP) is 2.52. The maximum atomic E-state index is 12.3. The van der Waals surface area contributed by atoms with Gasteiger partial charge in [0.25, 0.3) is 11.8 Å². The number of aromatic nitrogens is 5. The zero-order valence-electron chi connectivity index (χ0n) is 16.1. The van der Waals surface area contributed by atoms with Gasteiger partial charge >= 0.3 is 0 Å². The molecule has 3 N–H and O–H groups in total. The summed E-state index contributed by atoms with van der Waals surface area (Å²) in [6.07, 6.45) is 1.62. The number of H-pyrrole nitrogens is 1. The molecule has 10 heteroatoms. The minimum Gasteiger partial charge on any atom is -0.352 e. The molecular weight excluding hydrogens is 414 g/mol. The van der Waals surface area contributed by atoms with E-state index in [9.17, 15) is 9.59 Å². The van der Waals surface area contributed by atoms with Crippen molar-refractivity contribution in [3.8, 4) is 11.4 Å². The number of hydrogen-bond acceptors (Lipinski definition) is 6. The summed E-state index contributed by atoms with van der Waals surface area (Å²) < 4.78 is 0.288. The Morgan fingerprint density at radius 3 is 2.42 bits per heavy atom. The molecule has 0 aliphatic carbocycles. The summed E-state index contributed by atoms with van der Waals surface area (Å²) in [5, 5.41) is 12.5. The molecule has 0 aliphatic rings. The lowest BCUT2D eigenvalue weighted by atomic mass is 10.1. The summed E-state index contributed by atoms with van der Waals surface area (Å²) in [4.78, 5) is 28.7. The van der Waals surface area contributed by atoms with Crippen LogP contribution in [0.4, 0.5) is 0 Å².